The third kappa shape index (κ3) is 4.02. The third-order valence-electron chi connectivity index (χ3n) is 6.00. The molecule has 0 saturated carbocycles. The van der Waals surface area contributed by atoms with E-state index in [4.69, 9.17) is 9.47 Å². The molecule has 0 spiro atoms. The minimum atomic E-state index is -0.187. The van der Waals surface area contributed by atoms with E-state index in [-0.39, 0.29) is 5.91 Å². The van der Waals surface area contributed by atoms with Gasteiger partial charge >= 0.3 is 0 Å². The molecule has 7 heteroatoms. The van der Waals surface area contributed by atoms with Gasteiger partial charge < -0.3 is 19.7 Å². The van der Waals surface area contributed by atoms with Gasteiger partial charge in [-0.1, -0.05) is 0 Å². The Labute approximate surface area is 187 Å². The van der Waals surface area contributed by atoms with Crippen molar-refractivity contribution in [2.24, 2.45) is 7.05 Å². The van der Waals surface area contributed by atoms with Crippen molar-refractivity contribution in [3.8, 4) is 22.8 Å². The van der Waals surface area contributed by atoms with E-state index in [0.29, 0.717) is 30.2 Å². The quantitative estimate of drug-likeness (QED) is 0.661. The molecule has 3 aromatic rings. The Hall–Kier alpha value is -3.48. The number of hydrogen-bond acceptors (Lipinski definition) is 5. The lowest BCUT2D eigenvalue weighted by Gasteiger charge is -2.20. The predicted molar refractivity (Wildman–Crippen MR) is 125 cm³/mol. The Morgan fingerprint density at radius 3 is 2.56 bits per heavy atom. The van der Waals surface area contributed by atoms with Gasteiger partial charge in [0.25, 0.3) is 5.91 Å². The summed E-state index contributed by atoms with van der Waals surface area (Å²) in [5.74, 6) is 1.22. The van der Waals surface area contributed by atoms with Gasteiger partial charge in [-0.2, -0.15) is 5.10 Å². The molecular weight excluding hydrogens is 404 g/mol. The summed E-state index contributed by atoms with van der Waals surface area (Å²) in [4.78, 5) is 15.6. The number of carbonyl (C=O) groups excluding carboxylic acids is 1. The van der Waals surface area contributed by atoms with E-state index >= 15 is 0 Å². The predicted octanol–water partition coefficient (Wildman–Crippen LogP) is 4.41. The highest BCUT2D eigenvalue weighted by atomic mass is 16.5. The summed E-state index contributed by atoms with van der Waals surface area (Å²) >= 11 is 0. The van der Waals surface area contributed by atoms with Crippen molar-refractivity contribution < 1.29 is 14.3 Å². The second-order valence-corrected chi connectivity index (χ2v) is 8.43. The molecule has 0 radical (unpaired) electrons. The molecule has 5 rings (SSSR count). The maximum absolute atomic E-state index is 13.2. The summed E-state index contributed by atoms with van der Waals surface area (Å²) in [5, 5.41) is 7.60. The third-order valence-corrected chi connectivity index (χ3v) is 6.00. The van der Waals surface area contributed by atoms with Crippen LogP contribution < -0.4 is 19.7 Å². The van der Waals surface area contributed by atoms with Crippen molar-refractivity contribution >= 4 is 17.3 Å². The zero-order valence-corrected chi connectivity index (χ0v) is 18.6. The van der Waals surface area contributed by atoms with Gasteiger partial charge in [0.1, 0.15) is 5.69 Å². The van der Waals surface area contributed by atoms with Gasteiger partial charge in [-0.25, -0.2) is 0 Å². The Balaban J connectivity index is 1.40. The van der Waals surface area contributed by atoms with E-state index in [2.05, 4.69) is 28.3 Å². The van der Waals surface area contributed by atoms with E-state index in [1.165, 1.54) is 24.1 Å². The van der Waals surface area contributed by atoms with Gasteiger partial charge in [-0.05, 0) is 61.7 Å². The van der Waals surface area contributed by atoms with E-state index in [1.807, 2.05) is 37.4 Å². The van der Waals surface area contributed by atoms with Gasteiger partial charge in [-0.3, -0.25) is 9.48 Å². The fourth-order valence-corrected chi connectivity index (χ4v) is 4.42. The Kier molecular flexibility index (Phi) is 5.47. The molecule has 1 amide bonds. The van der Waals surface area contributed by atoms with Crippen molar-refractivity contribution in [3.05, 3.63) is 53.7 Å². The molecule has 0 unspecified atom stereocenters. The molecule has 2 aliphatic rings. The highest BCUT2D eigenvalue weighted by Gasteiger charge is 2.21. The Morgan fingerprint density at radius 1 is 1.00 bits per heavy atom. The maximum Gasteiger partial charge on any atom is 0.259 e. The van der Waals surface area contributed by atoms with Crippen LogP contribution >= 0.6 is 0 Å². The number of nitrogens with zero attached hydrogens (tertiary/aromatic N) is 3. The highest BCUT2D eigenvalue weighted by Crippen LogP contribution is 2.35. The molecule has 3 heterocycles. The van der Waals surface area contributed by atoms with Gasteiger partial charge in [-0.15, -0.1) is 0 Å². The van der Waals surface area contributed by atoms with Crippen LogP contribution in [0.1, 0.15) is 35.2 Å². The molecule has 7 nitrogen and oxygen atoms in total. The Morgan fingerprint density at radius 2 is 1.78 bits per heavy atom. The fraction of sp³-hybridized carbons (Fsp3) is 0.360. The first kappa shape index (κ1) is 20.4. The summed E-state index contributed by atoms with van der Waals surface area (Å²) in [6.45, 7) is 5.54. The number of benzene rings is 2. The summed E-state index contributed by atoms with van der Waals surface area (Å²) in [7, 11) is 1.82. The van der Waals surface area contributed by atoms with Crippen molar-refractivity contribution in [1.29, 1.82) is 0 Å². The number of rotatable bonds is 4. The largest absolute Gasteiger partial charge is 0.490 e. The lowest BCUT2D eigenvalue weighted by molar-refractivity contribution is 0.102. The average molecular weight is 433 g/mol. The standard InChI is InChI=1S/C25H28N4O3/c1-17-14-19(7-8-21(17)29-10-3-4-11-29)26-25(30)20-16-28(2)27-24(20)18-6-9-22-23(15-18)32-13-5-12-31-22/h6-9,14-16H,3-5,10-13H2,1-2H3,(H,26,30). The zero-order valence-electron chi connectivity index (χ0n) is 18.6. The molecule has 1 saturated heterocycles. The van der Waals surface area contributed by atoms with Crippen LogP contribution in [0.4, 0.5) is 11.4 Å². The van der Waals surface area contributed by atoms with Crippen molar-refractivity contribution in [2.45, 2.75) is 26.2 Å². The summed E-state index contributed by atoms with van der Waals surface area (Å²) < 4.78 is 13.2. The van der Waals surface area contributed by atoms with Crippen LogP contribution in [-0.4, -0.2) is 42.0 Å². The van der Waals surface area contributed by atoms with Crippen molar-refractivity contribution in [2.75, 3.05) is 36.5 Å². The number of hydrogen-bond donors (Lipinski definition) is 1. The van der Waals surface area contributed by atoms with Crippen LogP contribution in [0.5, 0.6) is 11.5 Å². The lowest BCUT2D eigenvalue weighted by Crippen LogP contribution is -2.19. The second kappa shape index (κ2) is 8.57. The molecular formula is C25H28N4O3. The maximum atomic E-state index is 13.2. The second-order valence-electron chi connectivity index (χ2n) is 8.43. The van der Waals surface area contributed by atoms with Gasteiger partial charge in [0.05, 0.1) is 18.8 Å². The van der Waals surface area contributed by atoms with E-state index < -0.39 is 0 Å². The monoisotopic (exact) mass is 432 g/mol. The van der Waals surface area contributed by atoms with Gasteiger partial charge in [0.15, 0.2) is 11.5 Å². The average Bonchev–Trinajstić information content (AvgIpc) is 3.38. The molecule has 1 fully saturated rings. The van der Waals surface area contributed by atoms with Crippen molar-refractivity contribution in [3.63, 3.8) is 0 Å². The minimum absolute atomic E-state index is 0.187. The molecule has 2 aliphatic heterocycles. The zero-order chi connectivity index (χ0) is 22.1. The number of anilines is 2. The number of aryl methyl sites for hydroxylation is 2. The van der Waals surface area contributed by atoms with Gasteiger partial charge in [0.2, 0.25) is 0 Å². The topological polar surface area (TPSA) is 68.6 Å². The highest BCUT2D eigenvalue weighted by molar-refractivity contribution is 6.08. The van der Waals surface area contributed by atoms with Crippen LogP contribution in [0.25, 0.3) is 11.3 Å². The fourth-order valence-electron chi connectivity index (χ4n) is 4.42. The van der Waals surface area contributed by atoms with E-state index in [1.54, 1.807) is 10.9 Å². The number of ether oxygens (including phenoxy) is 2. The van der Waals surface area contributed by atoms with Crippen LogP contribution in [0.2, 0.25) is 0 Å². The molecule has 1 N–H and O–H groups in total. The first-order valence-corrected chi connectivity index (χ1v) is 11.2. The minimum Gasteiger partial charge on any atom is -0.490 e. The van der Waals surface area contributed by atoms with Gasteiger partial charge in [0, 0.05) is 49.7 Å². The normalized spacial score (nSPS) is 15.5. The smallest absolute Gasteiger partial charge is 0.259 e. The first-order chi connectivity index (χ1) is 15.6. The Bertz CT molecular complexity index is 1150. The summed E-state index contributed by atoms with van der Waals surface area (Å²) in [5.41, 5.74) is 5.15. The van der Waals surface area contributed by atoms with E-state index in [9.17, 15) is 4.79 Å². The molecule has 0 atom stereocenters. The molecule has 32 heavy (non-hydrogen) atoms. The van der Waals surface area contributed by atoms with Crippen molar-refractivity contribution in [1.82, 2.24) is 9.78 Å². The number of carbonyl (C=O) groups is 1. The molecule has 0 aliphatic carbocycles. The SMILES string of the molecule is Cc1cc(NC(=O)c2cn(C)nc2-c2ccc3c(c2)OCCCO3)ccc1N1CCCC1. The van der Waals surface area contributed by atoms with Crippen LogP contribution in [0.3, 0.4) is 0 Å². The molecule has 1 aromatic heterocycles. The molecule has 2 aromatic carbocycles. The summed E-state index contributed by atoms with van der Waals surface area (Å²) in [6.07, 6.45) is 5.07. The molecule has 0 bridgehead atoms. The lowest BCUT2D eigenvalue weighted by atomic mass is 10.1. The summed E-state index contributed by atoms with van der Waals surface area (Å²) in [6, 6.07) is 11.8. The number of aromatic nitrogens is 2. The first-order valence-electron chi connectivity index (χ1n) is 11.2. The van der Waals surface area contributed by atoms with Crippen LogP contribution in [0.15, 0.2) is 42.6 Å². The number of nitrogens with one attached hydrogen (secondary N) is 1. The molecule has 166 valence electrons. The number of fused-ring (bicyclic) bond motifs is 1. The van der Waals surface area contributed by atoms with E-state index in [0.717, 1.165) is 36.5 Å². The number of amides is 1. The van der Waals surface area contributed by atoms with Crippen LogP contribution in [-0.2, 0) is 7.05 Å². The van der Waals surface area contributed by atoms with Crippen LogP contribution in [0, 0.1) is 6.92 Å².